The first kappa shape index (κ1) is 13.4. The van der Waals surface area contributed by atoms with Crippen LogP contribution < -0.4 is 19.7 Å². The van der Waals surface area contributed by atoms with Gasteiger partial charge in [-0.1, -0.05) is 11.5 Å². The largest absolute Gasteiger partial charge is 0.870 e. The zero-order chi connectivity index (χ0) is 13.7. The van der Waals surface area contributed by atoms with E-state index in [-0.39, 0.29) is 0 Å². The highest BCUT2D eigenvalue weighted by atomic mass is 16.5. The van der Waals surface area contributed by atoms with E-state index in [0.29, 0.717) is 0 Å². The van der Waals surface area contributed by atoms with Gasteiger partial charge in [0, 0.05) is 0 Å². The number of hydrogen-bond acceptors (Lipinski definition) is 6. The summed E-state index contributed by atoms with van der Waals surface area (Å²) in [4.78, 5) is 20.4. The first-order valence-electron chi connectivity index (χ1n) is 4.61. The molecular weight excluding hydrogens is 248 g/mol. The molecule has 0 atom stereocenters. The summed E-state index contributed by atoms with van der Waals surface area (Å²) in [6, 6.07) is 1.50. The van der Waals surface area contributed by atoms with Gasteiger partial charge in [-0.2, -0.15) is 0 Å². The number of benzene rings is 1. The van der Waals surface area contributed by atoms with Gasteiger partial charge < -0.3 is 29.9 Å². The molecular formula is C10H8O8-2. The van der Waals surface area contributed by atoms with E-state index in [9.17, 15) is 19.8 Å². The van der Waals surface area contributed by atoms with Crippen molar-refractivity contribution in [2.45, 2.75) is 0 Å². The van der Waals surface area contributed by atoms with Crippen molar-refractivity contribution in [3.63, 3.8) is 0 Å². The maximum atomic E-state index is 11.4. The Labute approximate surface area is 101 Å². The first-order valence-corrected chi connectivity index (χ1v) is 4.61. The summed E-state index contributed by atoms with van der Waals surface area (Å²) in [6.07, 6.45) is 0. The number of ether oxygens (including phenoxy) is 2. The van der Waals surface area contributed by atoms with Gasteiger partial charge in [0.25, 0.3) is 0 Å². The lowest BCUT2D eigenvalue weighted by Crippen LogP contribution is -2.13. The Morgan fingerprint density at radius 3 is 1.56 bits per heavy atom. The Hall–Kier alpha value is -2.64. The topological polar surface area (TPSA) is 139 Å². The van der Waals surface area contributed by atoms with Crippen LogP contribution in [0.15, 0.2) is 12.1 Å². The van der Waals surface area contributed by atoms with E-state index in [4.69, 9.17) is 10.2 Å². The zero-order valence-electron chi connectivity index (χ0n) is 8.91. The van der Waals surface area contributed by atoms with Gasteiger partial charge in [-0.05, 0) is 12.1 Å². The van der Waals surface area contributed by atoms with Crippen LogP contribution in [0.1, 0.15) is 0 Å². The van der Waals surface area contributed by atoms with E-state index in [2.05, 4.69) is 9.47 Å². The number of carboxylic acid groups (broad SMARTS) is 2. The van der Waals surface area contributed by atoms with E-state index in [1.54, 1.807) is 0 Å². The van der Waals surface area contributed by atoms with Crippen LogP contribution >= 0.6 is 0 Å². The van der Waals surface area contributed by atoms with Gasteiger partial charge in [-0.3, -0.25) is 0 Å². The molecule has 1 aromatic rings. The van der Waals surface area contributed by atoms with Gasteiger partial charge >= 0.3 is 11.9 Å². The van der Waals surface area contributed by atoms with E-state index in [1.807, 2.05) is 0 Å². The molecule has 0 fully saturated rings. The molecule has 0 saturated carbocycles. The van der Waals surface area contributed by atoms with Crippen LogP contribution in [0, 0.1) is 0 Å². The molecule has 0 aliphatic rings. The van der Waals surface area contributed by atoms with Crippen LogP contribution in [0.4, 0.5) is 0 Å². The van der Waals surface area contributed by atoms with Crippen LogP contribution in [0.25, 0.3) is 0 Å². The maximum Gasteiger partial charge on any atom is 0.341 e. The monoisotopic (exact) mass is 256 g/mol. The molecule has 0 bridgehead atoms. The summed E-state index contributed by atoms with van der Waals surface area (Å²) in [7, 11) is 0. The lowest BCUT2D eigenvalue weighted by Gasteiger charge is -2.20. The second kappa shape index (κ2) is 5.62. The third kappa shape index (κ3) is 3.74. The van der Waals surface area contributed by atoms with Gasteiger partial charge in [-0.15, -0.1) is 0 Å². The maximum absolute atomic E-state index is 11.4. The van der Waals surface area contributed by atoms with Crippen molar-refractivity contribution in [3.8, 4) is 23.0 Å². The summed E-state index contributed by atoms with van der Waals surface area (Å²) in [5.41, 5.74) is 0. The molecule has 1 rings (SSSR count). The second-order valence-electron chi connectivity index (χ2n) is 3.11. The van der Waals surface area contributed by atoms with E-state index in [0.717, 1.165) is 12.1 Å². The van der Waals surface area contributed by atoms with Crippen molar-refractivity contribution in [2.75, 3.05) is 13.2 Å². The van der Waals surface area contributed by atoms with Crippen LogP contribution in [-0.4, -0.2) is 35.4 Å². The molecule has 0 radical (unpaired) electrons. The van der Waals surface area contributed by atoms with Crippen LogP contribution in [0.5, 0.6) is 23.0 Å². The molecule has 0 aliphatic heterocycles. The Kier molecular flexibility index (Phi) is 4.19. The van der Waals surface area contributed by atoms with Crippen LogP contribution in [-0.2, 0) is 9.59 Å². The van der Waals surface area contributed by atoms with Crippen LogP contribution in [0.2, 0.25) is 0 Å². The number of hydrogen-bond donors (Lipinski definition) is 2. The predicted molar refractivity (Wildman–Crippen MR) is 51.6 cm³/mol. The molecule has 8 heteroatoms. The Morgan fingerprint density at radius 2 is 1.28 bits per heavy atom. The molecule has 0 saturated heterocycles. The fraction of sp³-hybridized carbons (Fsp3) is 0.200. The minimum atomic E-state index is -1.30. The lowest BCUT2D eigenvalue weighted by atomic mass is 10.2. The minimum Gasteiger partial charge on any atom is -0.870 e. The zero-order valence-corrected chi connectivity index (χ0v) is 8.91. The molecule has 98 valence electrons. The number of rotatable bonds is 6. The van der Waals surface area contributed by atoms with E-state index < -0.39 is 48.2 Å². The quantitative estimate of drug-likeness (QED) is 0.644. The van der Waals surface area contributed by atoms with Gasteiger partial charge in [0.1, 0.15) is 11.5 Å². The third-order valence-electron chi connectivity index (χ3n) is 1.71. The highest BCUT2D eigenvalue weighted by molar-refractivity contribution is 5.69. The van der Waals surface area contributed by atoms with Gasteiger partial charge in [0.05, 0.1) is 0 Å². The number of carboxylic acids is 2. The van der Waals surface area contributed by atoms with E-state index >= 15 is 0 Å². The molecule has 0 aliphatic carbocycles. The number of aliphatic carboxylic acids is 2. The first-order chi connectivity index (χ1) is 8.40. The smallest absolute Gasteiger partial charge is 0.341 e. The summed E-state index contributed by atoms with van der Waals surface area (Å²) >= 11 is 0. The highest BCUT2D eigenvalue weighted by Crippen LogP contribution is 2.34. The van der Waals surface area contributed by atoms with Gasteiger partial charge in [-0.25, -0.2) is 9.59 Å². The van der Waals surface area contributed by atoms with Gasteiger partial charge in [0.15, 0.2) is 13.2 Å². The normalized spacial score (nSPS) is 9.78. The Balaban J connectivity index is 2.82. The SMILES string of the molecule is O=C(O)COc1cc([O-])c(OCC(=O)O)cc1[O-]. The Bertz CT molecular complexity index is 423. The number of carbonyl (C=O) groups is 2. The van der Waals surface area contributed by atoms with Crippen molar-refractivity contribution < 1.29 is 39.5 Å². The minimum absolute atomic E-state index is 0.426. The molecule has 0 spiro atoms. The summed E-state index contributed by atoms with van der Waals surface area (Å²) < 4.78 is 9.15. The van der Waals surface area contributed by atoms with Crippen molar-refractivity contribution in [3.05, 3.63) is 12.1 Å². The van der Waals surface area contributed by atoms with Crippen molar-refractivity contribution in [1.29, 1.82) is 0 Å². The lowest BCUT2D eigenvalue weighted by molar-refractivity contribution is -0.277. The average molecular weight is 256 g/mol. The summed E-state index contributed by atoms with van der Waals surface area (Å²) in [5.74, 6) is -4.98. The highest BCUT2D eigenvalue weighted by Gasteiger charge is 2.05. The van der Waals surface area contributed by atoms with Gasteiger partial charge in [0.2, 0.25) is 0 Å². The fourth-order valence-corrected chi connectivity index (χ4v) is 1.03. The molecule has 0 unspecified atom stereocenters. The Morgan fingerprint density at radius 1 is 0.944 bits per heavy atom. The molecule has 1 aromatic carbocycles. The van der Waals surface area contributed by atoms with E-state index in [1.165, 1.54) is 0 Å². The molecule has 0 amide bonds. The molecule has 2 N–H and O–H groups in total. The molecule has 0 heterocycles. The predicted octanol–water partition coefficient (Wildman–Crippen LogP) is -1.24. The van der Waals surface area contributed by atoms with Crippen molar-refractivity contribution in [2.24, 2.45) is 0 Å². The second-order valence-corrected chi connectivity index (χ2v) is 3.11. The molecule has 18 heavy (non-hydrogen) atoms. The standard InChI is InChI=1S/C10H10O8/c11-5-1-7(17-3-9(13)14)6(12)2-8(5)18-4-10(15)16/h1-2,11-12H,3-4H2,(H,13,14)(H,15,16)/p-2. The van der Waals surface area contributed by atoms with Crippen LogP contribution in [0.3, 0.4) is 0 Å². The van der Waals surface area contributed by atoms with Crippen molar-refractivity contribution in [1.82, 2.24) is 0 Å². The third-order valence-corrected chi connectivity index (χ3v) is 1.71. The average Bonchev–Trinajstić information content (AvgIpc) is 2.27. The molecule has 8 nitrogen and oxygen atoms in total. The summed E-state index contributed by atoms with van der Waals surface area (Å²) in [5, 5.41) is 39.4. The van der Waals surface area contributed by atoms with Crippen molar-refractivity contribution >= 4 is 11.9 Å². The molecule has 0 aromatic heterocycles. The summed E-state index contributed by atoms with van der Waals surface area (Å²) in [6.45, 7) is -1.52. The fourth-order valence-electron chi connectivity index (χ4n) is 1.03.